The van der Waals surface area contributed by atoms with E-state index in [2.05, 4.69) is 21.1 Å². The van der Waals surface area contributed by atoms with Gasteiger partial charge < -0.3 is 14.2 Å². The number of hydrogen-bond acceptors (Lipinski definition) is 7. The number of rotatable bonds is 11. The number of benzene rings is 2. The Balaban J connectivity index is 2.36. The van der Waals surface area contributed by atoms with Crippen molar-refractivity contribution in [3.8, 4) is 5.75 Å². The number of sulfonamides is 1. The lowest BCUT2D eigenvalue weighted by Crippen LogP contribution is -2.41. The number of nitrogens with one attached hydrogen (secondary N) is 1. The molecule has 164 valence electrons. The van der Waals surface area contributed by atoms with Crippen molar-refractivity contribution >= 4 is 32.7 Å². The molecule has 0 unspecified atom stereocenters. The van der Waals surface area contributed by atoms with Crippen molar-refractivity contribution in [2.24, 2.45) is 0 Å². The van der Waals surface area contributed by atoms with Gasteiger partial charge in [0.15, 0.2) is 0 Å². The van der Waals surface area contributed by atoms with Crippen LogP contribution >= 0.6 is 0 Å². The van der Waals surface area contributed by atoms with Crippen LogP contribution in [-0.4, -0.2) is 47.2 Å². The fourth-order valence-electron chi connectivity index (χ4n) is 2.92. The van der Waals surface area contributed by atoms with Crippen LogP contribution in [0, 0.1) is 0 Å². The molecule has 2 aromatic carbocycles. The first-order valence-electron chi connectivity index (χ1n) is 9.65. The minimum Gasteiger partial charge on any atom is -0.493 e. The van der Waals surface area contributed by atoms with Crippen LogP contribution in [-0.2, 0) is 29.1 Å². The first-order valence-corrected chi connectivity index (χ1v) is 11.1. The summed E-state index contributed by atoms with van der Waals surface area (Å²) in [5.41, 5.74) is 0. The van der Waals surface area contributed by atoms with Crippen LogP contribution in [0.5, 0.6) is 5.75 Å². The minimum atomic E-state index is -4.10. The van der Waals surface area contributed by atoms with Crippen molar-refractivity contribution in [1.29, 1.82) is 0 Å². The lowest BCUT2D eigenvalue weighted by molar-refractivity contribution is -0.144. The van der Waals surface area contributed by atoms with Gasteiger partial charge in [-0.25, -0.2) is 8.42 Å². The third-order valence-corrected chi connectivity index (χ3v) is 6.06. The summed E-state index contributed by atoms with van der Waals surface area (Å²) in [4.78, 5) is 23.5. The molecule has 8 nitrogen and oxygen atoms in total. The van der Waals surface area contributed by atoms with E-state index in [1.54, 1.807) is 30.3 Å². The van der Waals surface area contributed by atoms with Crippen LogP contribution in [0.2, 0.25) is 0 Å². The highest BCUT2D eigenvalue weighted by Gasteiger charge is 2.28. The second-order valence-corrected chi connectivity index (χ2v) is 8.30. The number of carbonyl (C=O) groups excluding carboxylic acids is 2. The molecular weight excluding hydrogens is 410 g/mol. The first-order chi connectivity index (χ1) is 14.3. The average molecular weight is 438 g/mol. The third kappa shape index (κ3) is 5.93. The van der Waals surface area contributed by atoms with Gasteiger partial charge in [-0.3, -0.25) is 9.59 Å². The number of esters is 2. The second kappa shape index (κ2) is 10.9. The number of fused-ring (bicyclic) bond motifs is 1. The van der Waals surface area contributed by atoms with Crippen LogP contribution in [0.25, 0.3) is 10.8 Å². The smallest absolute Gasteiger partial charge is 0.323 e. The first kappa shape index (κ1) is 23.6. The lowest BCUT2D eigenvalue weighted by Gasteiger charge is -2.17. The minimum absolute atomic E-state index is 0.00733. The molecule has 0 aliphatic carbocycles. The summed E-state index contributed by atoms with van der Waals surface area (Å²) in [5.74, 6) is -0.748. The third-order valence-electron chi connectivity index (χ3n) is 4.53. The summed E-state index contributed by atoms with van der Waals surface area (Å²) in [5, 5.41) is 1.12. The zero-order chi connectivity index (χ0) is 22.1. The van der Waals surface area contributed by atoms with Crippen LogP contribution in [0.3, 0.4) is 0 Å². The Hall–Kier alpha value is -2.65. The fraction of sp³-hybridized carbons (Fsp3) is 0.429. The van der Waals surface area contributed by atoms with E-state index in [4.69, 9.17) is 4.74 Å². The molecule has 0 aliphatic rings. The van der Waals surface area contributed by atoms with E-state index >= 15 is 0 Å². The van der Waals surface area contributed by atoms with Crippen molar-refractivity contribution in [3.05, 3.63) is 36.4 Å². The SMILES string of the molecule is CCCCOc1cccc2c(S(=O)(=O)N[C@H](CCC(=O)OC)C(=O)OC)cccc12. The monoisotopic (exact) mass is 437 g/mol. The number of ether oxygens (including phenoxy) is 3. The lowest BCUT2D eigenvalue weighted by atomic mass is 10.1. The van der Waals surface area contributed by atoms with Crippen LogP contribution < -0.4 is 9.46 Å². The molecule has 2 aromatic rings. The van der Waals surface area contributed by atoms with Gasteiger partial charge in [0, 0.05) is 17.2 Å². The quantitative estimate of drug-likeness (QED) is 0.425. The Morgan fingerprint density at radius 1 is 1.03 bits per heavy atom. The average Bonchev–Trinajstić information content (AvgIpc) is 2.75. The molecular formula is C21H27NO7S. The van der Waals surface area contributed by atoms with Crippen LogP contribution in [0.15, 0.2) is 41.3 Å². The molecule has 0 spiro atoms. The Morgan fingerprint density at radius 2 is 1.73 bits per heavy atom. The van der Waals surface area contributed by atoms with Crippen LogP contribution in [0.4, 0.5) is 0 Å². The van der Waals surface area contributed by atoms with Gasteiger partial charge in [0.05, 0.1) is 25.7 Å². The van der Waals surface area contributed by atoms with Crippen molar-refractivity contribution < 1.29 is 32.2 Å². The summed E-state index contributed by atoms with van der Waals surface area (Å²) >= 11 is 0. The fourth-order valence-corrected chi connectivity index (χ4v) is 4.36. The number of carbonyl (C=O) groups is 2. The predicted molar refractivity (Wildman–Crippen MR) is 112 cm³/mol. The Labute approximate surface area is 176 Å². The van der Waals surface area contributed by atoms with E-state index in [1.165, 1.54) is 13.2 Å². The largest absolute Gasteiger partial charge is 0.493 e. The second-order valence-electron chi connectivity index (χ2n) is 6.62. The van der Waals surface area contributed by atoms with E-state index < -0.39 is 28.0 Å². The maximum atomic E-state index is 13.1. The van der Waals surface area contributed by atoms with Gasteiger partial charge in [-0.05, 0) is 25.0 Å². The molecule has 9 heteroatoms. The molecule has 0 bridgehead atoms. The highest BCUT2D eigenvalue weighted by molar-refractivity contribution is 7.89. The summed E-state index contributed by atoms with van der Waals surface area (Å²) in [6.45, 7) is 2.59. The molecule has 30 heavy (non-hydrogen) atoms. The summed E-state index contributed by atoms with van der Waals surface area (Å²) in [6.07, 6.45) is 1.64. The van der Waals surface area contributed by atoms with Gasteiger partial charge in [-0.1, -0.05) is 37.6 Å². The number of hydrogen-bond donors (Lipinski definition) is 1. The molecule has 0 amide bonds. The molecule has 0 radical (unpaired) electrons. The summed E-state index contributed by atoms with van der Waals surface area (Å²) in [6, 6.07) is 8.81. The zero-order valence-corrected chi connectivity index (χ0v) is 18.2. The molecule has 1 N–H and O–H groups in total. The van der Waals surface area contributed by atoms with Gasteiger partial charge in [-0.2, -0.15) is 4.72 Å². The molecule has 2 rings (SSSR count). The van der Waals surface area contributed by atoms with Gasteiger partial charge in [0.25, 0.3) is 0 Å². The standard InChI is InChI=1S/C21H27NO7S/c1-4-5-14-29-18-10-6-9-16-15(18)8-7-11-19(16)30(25,26)22-17(21(24)28-3)12-13-20(23)27-2/h6-11,17,22H,4-5,12-14H2,1-3H3/t17-/m1/s1. The van der Waals surface area contributed by atoms with Gasteiger partial charge in [-0.15, -0.1) is 0 Å². The summed E-state index contributed by atoms with van der Waals surface area (Å²) < 4.78 is 43.6. The van der Waals surface area contributed by atoms with E-state index in [0.29, 0.717) is 23.1 Å². The number of unbranched alkanes of at least 4 members (excludes halogenated alkanes) is 1. The summed E-state index contributed by atoms with van der Waals surface area (Å²) in [7, 11) is -1.73. The normalized spacial score (nSPS) is 12.4. The van der Waals surface area contributed by atoms with Crippen molar-refractivity contribution in [2.75, 3.05) is 20.8 Å². The van der Waals surface area contributed by atoms with Gasteiger partial charge >= 0.3 is 11.9 Å². The van der Waals surface area contributed by atoms with E-state index in [1.807, 2.05) is 0 Å². The molecule has 0 saturated heterocycles. The molecule has 0 heterocycles. The predicted octanol–water partition coefficient (Wildman–Crippen LogP) is 2.79. The molecule has 1 atom stereocenters. The van der Waals surface area contributed by atoms with Crippen LogP contribution in [0.1, 0.15) is 32.6 Å². The van der Waals surface area contributed by atoms with Gasteiger partial charge in [0.1, 0.15) is 11.8 Å². The molecule has 0 fully saturated rings. The van der Waals surface area contributed by atoms with Gasteiger partial charge in [0.2, 0.25) is 10.0 Å². The topological polar surface area (TPSA) is 108 Å². The maximum absolute atomic E-state index is 13.1. The number of methoxy groups -OCH3 is 2. The van der Waals surface area contributed by atoms with E-state index in [9.17, 15) is 18.0 Å². The van der Waals surface area contributed by atoms with E-state index in [0.717, 1.165) is 20.0 Å². The molecule has 0 aromatic heterocycles. The highest BCUT2D eigenvalue weighted by Crippen LogP contribution is 2.30. The molecule has 0 aliphatic heterocycles. The molecule has 0 saturated carbocycles. The maximum Gasteiger partial charge on any atom is 0.323 e. The van der Waals surface area contributed by atoms with Crippen molar-refractivity contribution in [3.63, 3.8) is 0 Å². The Bertz CT molecular complexity index is 988. The highest BCUT2D eigenvalue weighted by atomic mass is 32.2. The Kier molecular flexibility index (Phi) is 8.61. The Morgan fingerprint density at radius 3 is 2.40 bits per heavy atom. The van der Waals surface area contributed by atoms with Crippen molar-refractivity contribution in [2.45, 2.75) is 43.5 Å². The van der Waals surface area contributed by atoms with E-state index in [-0.39, 0.29) is 17.7 Å². The zero-order valence-electron chi connectivity index (χ0n) is 17.3. The van der Waals surface area contributed by atoms with Crippen molar-refractivity contribution in [1.82, 2.24) is 4.72 Å².